The molecule has 7 nitrogen and oxygen atoms in total. The average Bonchev–Trinajstić information content (AvgIpc) is 2.78. The van der Waals surface area contributed by atoms with Crippen molar-refractivity contribution < 1.29 is 4.74 Å². The summed E-state index contributed by atoms with van der Waals surface area (Å²) in [5, 5.41) is 3.39. The lowest BCUT2D eigenvalue weighted by Gasteiger charge is -2.37. The SMILES string of the molecule is COc1ccc(N2CCN(c3cc(NCc4cccnc4)nc(C)n3)CC2)cc1. The molecule has 1 N–H and O–H groups in total. The third kappa shape index (κ3) is 4.74. The number of hydrogen-bond donors (Lipinski definition) is 1. The van der Waals surface area contributed by atoms with Gasteiger partial charge in [-0.1, -0.05) is 6.07 Å². The van der Waals surface area contributed by atoms with E-state index in [1.165, 1.54) is 5.69 Å². The molecule has 1 aliphatic heterocycles. The Morgan fingerprint density at radius 1 is 1.00 bits per heavy atom. The van der Waals surface area contributed by atoms with E-state index >= 15 is 0 Å². The molecule has 0 bridgehead atoms. The number of rotatable bonds is 6. The number of pyridine rings is 1. The summed E-state index contributed by atoms with van der Waals surface area (Å²) in [6, 6.07) is 14.3. The Bertz CT molecular complexity index is 924. The van der Waals surface area contributed by atoms with Gasteiger partial charge in [0.15, 0.2) is 0 Å². The summed E-state index contributed by atoms with van der Waals surface area (Å²) in [7, 11) is 1.69. The van der Waals surface area contributed by atoms with E-state index in [1.807, 2.05) is 43.5 Å². The number of nitrogens with zero attached hydrogens (tertiary/aromatic N) is 5. The maximum absolute atomic E-state index is 5.25. The van der Waals surface area contributed by atoms with Crippen LogP contribution in [-0.2, 0) is 6.54 Å². The van der Waals surface area contributed by atoms with Gasteiger partial charge in [-0.2, -0.15) is 0 Å². The summed E-state index contributed by atoms with van der Waals surface area (Å²) in [6.45, 7) is 6.37. The highest BCUT2D eigenvalue weighted by molar-refractivity contribution is 5.53. The normalized spacial score (nSPS) is 14.0. The van der Waals surface area contributed by atoms with Crippen LogP contribution < -0.4 is 19.9 Å². The number of anilines is 3. The lowest BCUT2D eigenvalue weighted by Crippen LogP contribution is -2.46. The van der Waals surface area contributed by atoms with Crippen LogP contribution in [0.4, 0.5) is 17.3 Å². The van der Waals surface area contributed by atoms with Crippen LogP contribution in [0.15, 0.2) is 54.9 Å². The molecule has 0 aliphatic carbocycles. The zero-order valence-electron chi connectivity index (χ0n) is 16.9. The fourth-order valence-electron chi connectivity index (χ4n) is 3.49. The Morgan fingerprint density at radius 2 is 1.76 bits per heavy atom. The summed E-state index contributed by atoms with van der Waals surface area (Å²) in [5.74, 6) is 3.47. The van der Waals surface area contributed by atoms with Gasteiger partial charge in [0.25, 0.3) is 0 Å². The quantitative estimate of drug-likeness (QED) is 0.694. The van der Waals surface area contributed by atoms with Crippen molar-refractivity contribution in [2.24, 2.45) is 0 Å². The van der Waals surface area contributed by atoms with Gasteiger partial charge in [0, 0.05) is 56.9 Å². The zero-order valence-corrected chi connectivity index (χ0v) is 16.9. The summed E-state index contributed by atoms with van der Waals surface area (Å²) < 4.78 is 5.25. The standard InChI is InChI=1S/C22H26N6O/c1-17-25-21(24-16-18-4-3-9-23-15-18)14-22(26-17)28-12-10-27(11-13-28)19-5-7-20(29-2)8-6-19/h3-9,14-15H,10-13,16H2,1-2H3,(H,24,25,26). The van der Waals surface area contributed by atoms with Crippen LogP contribution in [0.3, 0.4) is 0 Å². The van der Waals surface area contributed by atoms with Gasteiger partial charge in [0.05, 0.1) is 7.11 Å². The zero-order chi connectivity index (χ0) is 20.1. The first-order valence-electron chi connectivity index (χ1n) is 9.84. The number of aryl methyl sites for hydroxylation is 1. The fraction of sp³-hybridized carbons (Fsp3) is 0.318. The second-order valence-electron chi connectivity index (χ2n) is 7.05. The largest absolute Gasteiger partial charge is 0.497 e. The van der Waals surface area contributed by atoms with E-state index in [0.29, 0.717) is 6.54 Å². The van der Waals surface area contributed by atoms with Crippen LogP contribution in [0.25, 0.3) is 0 Å². The Kier molecular flexibility index (Phi) is 5.74. The molecule has 1 aromatic carbocycles. The van der Waals surface area contributed by atoms with Crippen LogP contribution in [0.2, 0.25) is 0 Å². The van der Waals surface area contributed by atoms with Crippen LogP contribution in [0, 0.1) is 6.92 Å². The van der Waals surface area contributed by atoms with Gasteiger partial charge in [-0.15, -0.1) is 0 Å². The van der Waals surface area contributed by atoms with E-state index in [2.05, 4.69) is 42.2 Å². The molecule has 1 saturated heterocycles. The molecule has 0 saturated carbocycles. The van der Waals surface area contributed by atoms with Crippen molar-refractivity contribution in [2.45, 2.75) is 13.5 Å². The molecule has 0 atom stereocenters. The molecule has 0 amide bonds. The number of nitrogens with one attached hydrogen (secondary N) is 1. The maximum atomic E-state index is 5.25. The first-order chi connectivity index (χ1) is 14.2. The third-order valence-corrected chi connectivity index (χ3v) is 5.06. The molecule has 0 spiro atoms. The molecule has 0 radical (unpaired) electrons. The molecule has 7 heteroatoms. The molecule has 29 heavy (non-hydrogen) atoms. The molecule has 0 unspecified atom stereocenters. The van der Waals surface area contributed by atoms with E-state index in [4.69, 9.17) is 4.74 Å². The van der Waals surface area contributed by atoms with Crippen LogP contribution >= 0.6 is 0 Å². The van der Waals surface area contributed by atoms with Gasteiger partial charge in [-0.25, -0.2) is 9.97 Å². The first kappa shape index (κ1) is 19.0. The highest BCUT2D eigenvalue weighted by atomic mass is 16.5. The lowest BCUT2D eigenvalue weighted by atomic mass is 10.2. The Morgan fingerprint density at radius 3 is 2.45 bits per heavy atom. The maximum Gasteiger partial charge on any atom is 0.134 e. The molecule has 3 heterocycles. The van der Waals surface area contributed by atoms with Crippen molar-refractivity contribution in [3.8, 4) is 5.75 Å². The average molecular weight is 390 g/mol. The molecular formula is C22H26N6O. The minimum absolute atomic E-state index is 0.689. The topological polar surface area (TPSA) is 66.4 Å². The molecule has 150 valence electrons. The number of piperazine rings is 1. The second kappa shape index (κ2) is 8.77. The molecule has 2 aromatic heterocycles. The second-order valence-corrected chi connectivity index (χ2v) is 7.05. The van der Waals surface area contributed by atoms with E-state index in [-0.39, 0.29) is 0 Å². The smallest absolute Gasteiger partial charge is 0.134 e. The Balaban J connectivity index is 1.39. The number of aromatic nitrogens is 3. The molecular weight excluding hydrogens is 364 g/mol. The summed E-state index contributed by atoms with van der Waals surface area (Å²) in [5.41, 5.74) is 2.35. The summed E-state index contributed by atoms with van der Waals surface area (Å²) in [4.78, 5) is 18.1. The van der Waals surface area contributed by atoms with E-state index < -0.39 is 0 Å². The van der Waals surface area contributed by atoms with E-state index in [0.717, 1.165) is 55.0 Å². The predicted octanol–water partition coefficient (Wildman–Crippen LogP) is 3.13. The highest BCUT2D eigenvalue weighted by Gasteiger charge is 2.19. The lowest BCUT2D eigenvalue weighted by molar-refractivity contribution is 0.415. The van der Waals surface area contributed by atoms with Crippen LogP contribution in [-0.4, -0.2) is 48.2 Å². The molecule has 4 rings (SSSR count). The van der Waals surface area contributed by atoms with Crippen molar-refractivity contribution >= 4 is 17.3 Å². The summed E-state index contributed by atoms with van der Waals surface area (Å²) >= 11 is 0. The number of benzene rings is 1. The minimum atomic E-state index is 0.689. The Hall–Kier alpha value is -3.35. The third-order valence-electron chi connectivity index (χ3n) is 5.06. The number of methoxy groups -OCH3 is 1. The highest BCUT2D eigenvalue weighted by Crippen LogP contribution is 2.23. The summed E-state index contributed by atoms with van der Waals surface area (Å²) in [6.07, 6.45) is 3.64. The van der Waals surface area contributed by atoms with Crippen molar-refractivity contribution in [2.75, 3.05) is 48.4 Å². The van der Waals surface area contributed by atoms with Gasteiger partial charge in [0.1, 0.15) is 23.2 Å². The Labute approximate surface area is 171 Å². The van der Waals surface area contributed by atoms with Crippen LogP contribution in [0.1, 0.15) is 11.4 Å². The fourth-order valence-corrected chi connectivity index (χ4v) is 3.49. The first-order valence-corrected chi connectivity index (χ1v) is 9.84. The number of hydrogen-bond acceptors (Lipinski definition) is 7. The number of ether oxygens (including phenoxy) is 1. The minimum Gasteiger partial charge on any atom is -0.497 e. The van der Waals surface area contributed by atoms with Gasteiger partial charge in [0.2, 0.25) is 0 Å². The van der Waals surface area contributed by atoms with E-state index in [1.54, 1.807) is 13.3 Å². The monoisotopic (exact) mass is 390 g/mol. The molecule has 3 aromatic rings. The van der Waals surface area contributed by atoms with Crippen LogP contribution in [0.5, 0.6) is 5.75 Å². The van der Waals surface area contributed by atoms with Gasteiger partial charge in [-0.05, 0) is 42.8 Å². The van der Waals surface area contributed by atoms with Crippen molar-refractivity contribution in [1.82, 2.24) is 15.0 Å². The van der Waals surface area contributed by atoms with Crippen molar-refractivity contribution in [3.05, 3.63) is 66.2 Å². The predicted molar refractivity (Wildman–Crippen MR) is 116 cm³/mol. The van der Waals surface area contributed by atoms with Gasteiger partial charge in [-0.3, -0.25) is 4.98 Å². The van der Waals surface area contributed by atoms with E-state index in [9.17, 15) is 0 Å². The molecule has 1 fully saturated rings. The van der Waals surface area contributed by atoms with Gasteiger partial charge < -0.3 is 19.9 Å². The van der Waals surface area contributed by atoms with Crippen molar-refractivity contribution in [1.29, 1.82) is 0 Å². The van der Waals surface area contributed by atoms with Gasteiger partial charge >= 0.3 is 0 Å². The van der Waals surface area contributed by atoms with Crippen molar-refractivity contribution in [3.63, 3.8) is 0 Å². The molecule has 1 aliphatic rings.